The Bertz CT molecular complexity index is 690. The summed E-state index contributed by atoms with van der Waals surface area (Å²) >= 11 is 5.92. The fraction of sp³-hybridized carbons (Fsp3) is 0.188. The Balaban J connectivity index is 1.72. The lowest BCUT2D eigenvalue weighted by molar-refractivity contribution is -0.118. The number of benzene rings is 2. The van der Waals surface area contributed by atoms with Crippen molar-refractivity contribution in [2.75, 3.05) is 5.32 Å². The van der Waals surface area contributed by atoms with Gasteiger partial charge in [0.2, 0.25) is 5.91 Å². The number of carbonyl (C=O) groups excluding carboxylic acids is 1. The first-order valence-corrected chi connectivity index (χ1v) is 7.07. The molecule has 1 atom stereocenters. The number of carbonyl (C=O) groups is 1. The van der Waals surface area contributed by atoms with Crippen LogP contribution in [0.25, 0.3) is 0 Å². The van der Waals surface area contributed by atoms with Crippen molar-refractivity contribution in [3.05, 3.63) is 64.4 Å². The molecule has 5 heteroatoms. The highest BCUT2D eigenvalue weighted by Crippen LogP contribution is 2.23. The highest BCUT2D eigenvalue weighted by atomic mass is 35.5. The van der Waals surface area contributed by atoms with Gasteiger partial charge in [0.1, 0.15) is 5.82 Å². The maximum atomic E-state index is 13.0. The monoisotopic (exact) mass is 304 g/mol. The predicted molar refractivity (Wildman–Crippen MR) is 80.8 cm³/mol. The zero-order valence-corrected chi connectivity index (χ0v) is 12.0. The van der Waals surface area contributed by atoms with E-state index in [1.165, 1.54) is 29.3 Å². The molecule has 1 heterocycles. The van der Waals surface area contributed by atoms with Gasteiger partial charge in [-0.2, -0.15) is 0 Å². The first-order chi connectivity index (χ1) is 10.1. The average Bonchev–Trinajstić information content (AvgIpc) is 2.49. The third-order valence-electron chi connectivity index (χ3n) is 3.59. The lowest BCUT2D eigenvalue weighted by atomic mass is 9.95. The van der Waals surface area contributed by atoms with Crippen LogP contribution in [0.15, 0.2) is 42.5 Å². The number of fused-ring (bicyclic) bond motifs is 1. The van der Waals surface area contributed by atoms with E-state index >= 15 is 0 Å². The molecule has 1 unspecified atom stereocenters. The van der Waals surface area contributed by atoms with Crippen molar-refractivity contribution < 1.29 is 9.18 Å². The Morgan fingerprint density at radius 1 is 1.24 bits per heavy atom. The largest absolute Gasteiger partial charge is 0.323 e. The highest BCUT2D eigenvalue weighted by molar-refractivity contribution is 6.33. The van der Waals surface area contributed by atoms with Gasteiger partial charge >= 0.3 is 0 Å². The highest BCUT2D eigenvalue weighted by Gasteiger charge is 2.24. The minimum absolute atomic E-state index is 0.169. The zero-order chi connectivity index (χ0) is 14.8. The van der Waals surface area contributed by atoms with E-state index in [1.807, 2.05) is 24.3 Å². The van der Waals surface area contributed by atoms with Crippen LogP contribution in [0.2, 0.25) is 5.02 Å². The van der Waals surface area contributed by atoms with Crippen LogP contribution < -0.4 is 10.6 Å². The van der Waals surface area contributed by atoms with Gasteiger partial charge in [0.05, 0.1) is 16.8 Å². The molecule has 2 aromatic rings. The van der Waals surface area contributed by atoms with Crippen LogP contribution in [0.5, 0.6) is 0 Å². The van der Waals surface area contributed by atoms with Crippen LogP contribution in [-0.4, -0.2) is 11.9 Å². The van der Waals surface area contributed by atoms with E-state index in [2.05, 4.69) is 10.6 Å². The molecule has 108 valence electrons. The van der Waals surface area contributed by atoms with Crippen molar-refractivity contribution in [3.63, 3.8) is 0 Å². The molecule has 3 nitrogen and oxygen atoms in total. The first-order valence-electron chi connectivity index (χ1n) is 6.69. The molecule has 0 aromatic heterocycles. The molecule has 0 spiro atoms. The molecule has 21 heavy (non-hydrogen) atoms. The number of amides is 1. The lowest BCUT2D eigenvalue weighted by Gasteiger charge is -2.25. The summed E-state index contributed by atoms with van der Waals surface area (Å²) in [6.45, 7) is 0.658. The molecule has 2 aromatic carbocycles. The van der Waals surface area contributed by atoms with E-state index < -0.39 is 5.82 Å². The molecule has 0 aliphatic carbocycles. The van der Waals surface area contributed by atoms with Crippen LogP contribution in [0, 0.1) is 5.82 Å². The number of hydrogen-bond acceptors (Lipinski definition) is 2. The minimum Gasteiger partial charge on any atom is -0.323 e. The van der Waals surface area contributed by atoms with E-state index in [-0.39, 0.29) is 17.0 Å². The Morgan fingerprint density at radius 3 is 2.76 bits per heavy atom. The zero-order valence-electron chi connectivity index (χ0n) is 11.2. The van der Waals surface area contributed by atoms with Gasteiger partial charge in [-0.15, -0.1) is 0 Å². The summed E-state index contributed by atoms with van der Waals surface area (Å²) in [6.07, 6.45) is 0.626. The molecule has 1 amide bonds. The number of rotatable bonds is 2. The van der Waals surface area contributed by atoms with Crippen LogP contribution in [0.3, 0.4) is 0 Å². The van der Waals surface area contributed by atoms with Crippen molar-refractivity contribution in [2.45, 2.75) is 19.0 Å². The third kappa shape index (κ3) is 3.06. The van der Waals surface area contributed by atoms with Gasteiger partial charge < -0.3 is 10.6 Å². The van der Waals surface area contributed by atoms with Crippen LogP contribution in [-0.2, 0) is 17.8 Å². The van der Waals surface area contributed by atoms with E-state index in [0.29, 0.717) is 18.7 Å². The van der Waals surface area contributed by atoms with Crippen molar-refractivity contribution in [1.29, 1.82) is 0 Å². The number of nitrogens with one attached hydrogen (secondary N) is 2. The maximum Gasteiger partial charge on any atom is 0.241 e. The second kappa shape index (κ2) is 5.84. The van der Waals surface area contributed by atoms with Crippen LogP contribution in [0.1, 0.15) is 11.1 Å². The van der Waals surface area contributed by atoms with E-state index in [4.69, 9.17) is 11.6 Å². The van der Waals surface area contributed by atoms with Gasteiger partial charge in [-0.25, -0.2) is 4.39 Å². The molecule has 0 fully saturated rings. The topological polar surface area (TPSA) is 41.1 Å². The number of anilines is 1. The Labute approximate surface area is 127 Å². The van der Waals surface area contributed by atoms with Crippen molar-refractivity contribution in [1.82, 2.24) is 5.32 Å². The first kappa shape index (κ1) is 14.0. The SMILES string of the molecule is O=C(Nc1ccc(F)cc1Cl)C1Cc2ccccc2CN1. The fourth-order valence-electron chi connectivity index (χ4n) is 2.45. The molecule has 0 radical (unpaired) electrons. The molecule has 0 bridgehead atoms. The van der Waals surface area contributed by atoms with Crippen molar-refractivity contribution in [2.24, 2.45) is 0 Å². The lowest BCUT2D eigenvalue weighted by Crippen LogP contribution is -2.44. The van der Waals surface area contributed by atoms with Crippen molar-refractivity contribution >= 4 is 23.2 Å². The van der Waals surface area contributed by atoms with Gasteiger partial charge in [0.25, 0.3) is 0 Å². The molecular formula is C16H14ClFN2O. The summed E-state index contributed by atoms with van der Waals surface area (Å²) in [5.41, 5.74) is 2.80. The fourth-order valence-corrected chi connectivity index (χ4v) is 2.66. The average molecular weight is 305 g/mol. The Hall–Kier alpha value is -1.91. The molecule has 3 rings (SSSR count). The number of hydrogen-bond donors (Lipinski definition) is 2. The summed E-state index contributed by atoms with van der Waals surface area (Å²) in [4.78, 5) is 12.3. The summed E-state index contributed by atoms with van der Waals surface area (Å²) in [7, 11) is 0. The minimum atomic E-state index is -0.428. The summed E-state index contributed by atoms with van der Waals surface area (Å²) in [5, 5.41) is 6.13. The maximum absolute atomic E-state index is 13.0. The van der Waals surface area contributed by atoms with Crippen LogP contribution >= 0.6 is 11.6 Å². The summed E-state index contributed by atoms with van der Waals surface area (Å²) in [5.74, 6) is -0.597. The number of halogens is 2. The van der Waals surface area contributed by atoms with Gasteiger partial charge in [-0.3, -0.25) is 4.79 Å². The predicted octanol–water partition coefficient (Wildman–Crippen LogP) is 3.13. The Morgan fingerprint density at radius 2 is 2.00 bits per heavy atom. The second-order valence-corrected chi connectivity index (χ2v) is 5.43. The van der Waals surface area contributed by atoms with E-state index in [9.17, 15) is 9.18 Å². The molecule has 0 saturated heterocycles. The molecule has 1 aliphatic rings. The van der Waals surface area contributed by atoms with Gasteiger partial charge in [0.15, 0.2) is 0 Å². The third-order valence-corrected chi connectivity index (χ3v) is 3.90. The smallest absolute Gasteiger partial charge is 0.241 e. The summed E-state index contributed by atoms with van der Waals surface area (Å²) in [6, 6.07) is 11.6. The molecule has 1 aliphatic heterocycles. The molecular weight excluding hydrogens is 291 g/mol. The molecule has 2 N–H and O–H groups in total. The van der Waals surface area contributed by atoms with Crippen LogP contribution in [0.4, 0.5) is 10.1 Å². The standard InChI is InChI=1S/C16H14ClFN2O/c17-13-8-12(18)5-6-14(13)20-16(21)15-7-10-3-1-2-4-11(10)9-19-15/h1-6,8,15,19H,7,9H2,(H,20,21). The normalized spacial score (nSPS) is 17.1. The quantitative estimate of drug-likeness (QED) is 0.895. The van der Waals surface area contributed by atoms with Gasteiger partial charge in [-0.05, 0) is 35.7 Å². The van der Waals surface area contributed by atoms with E-state index in [1.54, 1.807) is 0 Å². The van der Waals surface area contributed by atoms with Gasteiger partial charge in [-0.1, -0.05) is 35.9 Å². The molecule has 0 saturated carbocycles. The van der Waals surface area contributed by atoms with Crippen molar-refractivity contribution in [3.8, 4) is 0 Å². The second-order valence-electron chi connectivity index (χ2n) is 5.02. The summed E-state index contributed by atoms with van der Waals surface area (Å²) < 4.78 is 13.0. The van der Waals surface area contributed by atoms with Gasteiger partial charge in [0, 0.05) is 6.54 Å². The Kier molecular flexibility index (Phi) is 3.90. The van der Waals surface area contributed by atoms with E-state index in [0.717, 1.165) is 0 Å².